The first-order valence-electron chi connectivity index (χ1n) is 15.1. The van der Waals surface area contributed by atoms with E-state index in [0.29, 0.717) is 0 Å². The Hall–Kier alpha value is -3.78. The van der Waals surface area contributed by atoms with E-state index in [1.54, 1.807) is 4.68 Å². The molecule has 0 bridgehead atoms. The highest BCUT2D eigenvalue weighted by Crippen LogP contribution is 2.45. The maximum atomic E-state index is 12.8. The van der Waals surface area contributed by atoms with E-state index < -0.39 is 11.4 Å². The number of nitrogens with zero attached hydrogens (tertiary/aromatic N) is 5. The maximum Gasteiger partial charge on any atom is 0.310 e. The van der Waals surface area contributed by atoms with Crippen molar-refractivity contribution in [3.05, 3.63) is 81.7 Å². The second-order valence-corrected chi connectivity index (χ2v) is 12.6. The smallest absolute Gasteiger partial charge is 0.310 e. The zero-order valence-electron chi connectivity index (χ0n) is 25.5. The van der Waals surface area contributed by atoms with Crippen LogP contribution >= 0.6 is 0 Å². The Kier molecular flexibility index (Phi) is 7.29. The summed E-state index contributed by atoms with van der Waals surface area (Å²) in [6, 6.07) is 12.7. The van der Waals surface area contributed by atoms with Crippen molar-refractivity contribution >= 4 is 17.0 Å². The monoisotopic (exact) mass is 567 g/mol. The number of aryl methyl sites for hydroxylation is 3. The summed E-state index contributed by atoms with van der Waals surface area (Å²) < 4.78 is 8.16. The van der Waals surface area contributed by atoms with E-state index in [4.69, 9.17) is 9.72 Å². The third kappa shape index (κ3) is 4.75. The summed E-state index contributed by atoms with van der Waals surface area (Å²) in [5.74, 6) is -0.307. The zero-order chi connectivity index (χ0) is 29.8. The number of carboxylic acids is 1. The van der Waals surface area contributed by atoms with E-state index in [1.807, 2.05) is 52.2 Å². The van der Waals surface area contributed by atoms with Crippen LogP contribution in [-0.4, -0.2) is 48.6 Å². The number of rotatable bonds is 7. The third-order valence-electron chi connectivity index (χ3n) is 9.63. The summed E-state index contributed by atoms with van der Waals surface area (Å²) in [5, 5.41) is 19.2. The molecular formula is C34H41N5O3. The molecule has 1 unspecified atom stereocenters. The fraction of sp³-hybridized carbons (Fsp3) is 0.471. The van der Waals surface area contributed by atoms with E-state index in [1.165, 1.54) is 16.7 Å². The molecule has 0 saturated carbocycles. The first-order chi connectivity index (χ1) is 20.1. The molecule has 0 radical (unpaired) electrons. The van der Waals surface area contributed by atoms with Crippen LogP contribution in [-0.2, 0) is 31.2 Å². The lowest BCUT2D eigenvalue weighted by Gasteiger charge is -2.34. The number of carboxylic acid groups (broad SMARTS) is 1. The Balaban J connectivity index is 1.47. The van der Waals surface area contributed by atoms with Gasteiger partial charge in [-0.05, 0) is 105 Å². The number of pyridine rings is 1. The van der Waals surface area contributed by atoms with Crippen molar-refractivity contribution in [3.63, 3.8) is 0 Å². The van der Waals surface area contributed by atoms with Crippen LogP contribution in [0.3, 0.4) is 0 Å². The standard InChI is InChI=1S/C34H41N5O3/c1-7-25-19-39(21(3)32-29(42-25)12-9-15-35-32)18-24-17-23(16-22-10-8-11-27(22)24)30(34(4,5)33(40)41)26-13-14-28-31(20(26)2)36-37-38(28)6/h9,12-17,21,25,30H,7-8,10-11,18-19H2,1-6H3,(H,40,41)/t21-,25+,30?/m0/s1. The molecule has 8 heteroatoms. The molecule has 3 heterocycles. The minimum absolute atomic E-state index is 0.0779. The summed E-state index contributed by atoms with van der Waals surface area (Å²) >= 11 is 0. The van der Waals surface area contributed by atoms with Crippen molar-refractivity contribution in [2.45, 2.75) is 84.9 Å². The maximum absolute atomic E-state index is 12.8. The number of ether oxygens (including phenoxy) is 1. The Morgan fingerprint density at radius 1 is 1.21 bits per heavy atom. The average molecular weight is 568 g/mol. The predicted molar refractivity (Wildman–Crippen MR) is 163 cm³/mol. The summed E-state index contributed by atoms with van der Waals surface area (Å²) in [4.78, 5) is 20.0. The number of benzene rings is 2. The normalized spacial score (nSPS) is 19.7. The second-order valence-electron chi connectivity index (χ2n) is 12.6. The van der Waals surface area contributed by atoms with Gasteiger partial charge in [0.15, 0.2) is 0 Å². The molecule has 1 aliphatic carbocycles. The van der Waals surface area contributed by atoms with Crippen molar-refractivity contribution in [3.8, 4) is 5.75 Å². The van der Waals surface area contributed by atoms with Crippen molar-refractivity contribution in [1.29, 1.82) is 0 Å². The topological polar surface area (TPSA) is 93.4 Å². The minimum Gasteiger partial charge on any atom is -0.487 e. The van der Waals surface area contributed by atoms with Gasteiger partial charge in [0.05, 0.1) is 22.7 Å². The van der Waals surface area contributed by atoms with Gasteiger partial charge in [-0.25, -0.2) is 4.68 Å². The number of hydrogen-bond acceptors (Lipinski definition) is 6. The van der Waals surface area contributed by atoms with E-state index in [-0.39, 0.29) is 18.1 Å². The van der Waals surface area contributed by atoms with Crippen LogP contribution < -0.4 is 4.74 Å². The Morgan fingerprint density at radius 2 is 2.02 bits per heavy atom. The molecule has 1 aliphatic heterocycles. The van der Waals surface area contributed by atoms with Gasteiger partial charge in [0, 0.05) is 32.3 Å². The summed E-state index contributed by atoms with van der Waals surface area (Å²) in [7, 11) is 1.88. The van der Waals surface area contributed by atoms with Crippen LogP contribution in [0.4, 0.5) is 0 Å². The quantitative estimate of drug-likeness (QED) is 0.287. The molecule has 6 rings (SSSR count). The highest BCUT2D eigenvalue weighted by Gasteiger charge is 2.41. The van der Waals surface area contributed by atoms with Crippen molar-refractivity contribution in [1.82, 2.24) is 24.9 Å². The molecule has 220 valence electrons. The molecule has 3 atom stereocenters. The van der Waals surface area contributed by atoms with E-state index in [9.17, 15) is 9.90 Å². The lowest BCUT2D eigenvalue weighted by molar-refractivity contribution is -0.147. The molecule has 2 aliphatic rings. The largest absolute Gasteiger partial charge is 0.487 e. The van der Waals surface area contributed by atoms with Crippen LogP contribution in [0.15, 0.2) is 42.6 Å². The van der Waals surface area contributed by atoms with Gasteiger partial charge in [0.25, 0.3) is 0 Å². The first-order valence-corrected chi connectivity index (χ1v) is 15.1. The lowest BCUT2D eigenvalue weighted by atomic mass is 9.69. The summed E-state index contributed by atoms with van der Waals surface area (Å²) in [6.45, 7) is 11.7. The molecule has 2 aromatic heterocycles. The van der Waals surface area contributed by atoms with E-state index >= 15 is 0 Å². The van der Waals surface area contributed by atoms with Gasteiger partial charge in [-0.15, -0.1) is 5.10 Å². The lowest BCUT2D eigenvalue weighted by Crippen LogP contribution is -2.35. The summed E-state index contributed by atoms with van der Waals surface area (Å²) in [6.07, 6.45) is 6.01. The van der Waals surface area contributed by atoms with E-state index in [2.05, 4.69) is 47.3 Å². The number of aliphatic carboxylic acids is 1. The molecule has 0 fully saturated rings. The Labute approximate surface area is 247 Å². The molecule has 8 nitrogen and oxygen atoms in total. The van der Waals surface area contributed by atoms with Crippen LogP contribution in [0, 0.1) is 12.3 Å². The molecule has 1 N–H and O–H groups in total. The fourth-order valence-corrected chi connectivity index (χ4v) is 7.06. The van der Waals surface area contributed by atoms with Crippen LogP contribution in [0.1, 0.15) is 91.6 Å². The molecule has 4 aromatic rings. The van der Waals surface area contributed by atoms with Gasteiger partial charge in [-0.3, -0.25) is 14.7 Å². The SMILES string of the molecule is CC[C@@H]1CN(Cc2cc(C(c3ccc4c(nnn4C)c3C)C(C)(C)C(=O)O)cc3c2CCC3)[C@@H](C)c2ncccc2O1. The molecule has 0 amide bonds. The number of fused-ring (bicyclic) bond motifs is 3. The molecule has 42 heavy (non-hydrogen) atoms. The predicted octanol–water partition coefficient (Wildman–Crippen LogP) is 6.14. The van der Waals surface area contributed by atoms with Gasteiger partial charge in [0.2, 0.25) is 0 Å². The van der Waals surface area contributed by atoms with Crippen LogP contribution in [0.2, 0.25) is 0 Å². The minimum atomic E-state index is -1.05. The first kappa shape index (κ1) is 28.3. The average Bonchev–Trinajstić information content (AvgIpc) is 3.57. The molecule has 2 aromatic carbocycles. The Morgan fingerprint density at radius 3 is 2.79 bits per heavy atom. The number of aromatic nitrogens is 4. The number of carbonyl (C=O) groups is 1. The van der Waals surface area contributed by atoms with Gasteiger partial charge >= 0.3 is 5.97 Å². The highest BCUT2D eigenvalue weighted by atomic mass is 16.5. The van der Waals surface area contributed by atoms with Crippen molar-refractivity contribution < 1.29 is 14.6 Å². The zero-order valence-corrected chi connectivity index (χ0v) is 25.5. The van der Waals surface area contributed by atoms with Gasteiger partial charge in [0.1, 0.15) is 17.4 Å². The molecule has 0 spiro atoms. The number of hydrogen-bond donors (Lipinski definition) is 1. The van der Waals surface area contributed by atoms with Crippen molar-refractivity contribution in [2.75, 3.05) is 6.54 Å². The fourth-order valence-electron chi connectivity index (χ4n) is 7.06. The van der Waals surface area contributed by atoms with Gasteiger partial charge in [-0.1, -0.05) is 30.3 Å². The van der Waals surface area contributed by atoms with Crippen molar-refractivity contribution in [2.24, 2.45) is 12.5 Å². The van der Waals surface area contributed by atoms with Crippen LogP contribution in [0.25, 0.3) is 11.0 Å². The highest BCUT2D eigenvalue weighted by molar-refractivity contribution is 5.82. The van der Waals surface area contributed by atoms with Gasteiger partial charge < -0.3 is 9.84 Å². The van der Waals surface area contributed by atoms with Gasteiger partial charge in [-0.2, -0.15) is 0 Å². The molecule has 0 saturated heterocycles. The third-order valence-corrected chi connectivity index (χ3v) is 9.63. The molecular weight excluding hydrogens is 526 g/mol. The Bertz CT molecular complexity index is 1660. The van der Waals surface area contributed by atoms with E-state index in [0.717, 1.165) is 77.9 Å². The van der Waals surface area contributed by atoms with Crippen LogP contribution in [0.5, 0.6) is 5.75 Å². The second kappa shape index (κ2) is 10.8. The summed E-state index contributed by atoms with van der Waals surface area (Å²) in [5.41, 5.74) is 8.74.